The van der Waals surface area contributed by atoms with Gasteiger partial charge < -0.3 is 14.4 Å². The molecule has 2 aliphatic rings. The maximum Gasteiger partial charge on any atom is 0.274 e. The number of likely N-dealkylation sites (tertiary alicyclic amines) is 1. The highest BCUT2D eigenvalue weighted by Crippen LogP contribution is 2.42. The van der Waals surface area contributed by atoms with Crippen molar-refractivity contribution in [3.63, 3.8) is 0 Å². The van der Waals surface area contributed by atoms with Crippen LogP contribution in [0, 0.1) is 12.8 Å². The summed E-state index contributed by atoms with van der Waals surface area (Å²) in [7, 11) is 0. The van der Waals surface area contributed by atoms with Crippen LogP contribution in [0.25, 0.3) is 0 Å². The van der Waals surface area contributed by atoms with Gasteiger partial charge in [0.1, 0.15) is 11.3 Å². The number of amides is 1. The van der Waals surface area contributed by atoms with E-state index in [0.29, 0.717) is 37.9 Å². The molecule has 1 atom stereocenters. The fourth-order valence-electron chi connectivity index (χ4n) is 3.94. The Kier molecular flexibility index (Phi) is 5.13. The van der Waals surface area contributed by atoms with Crippen molar-refractivity contribution in [1.82, 2.24) is 19.9 Å². The monoisotopic (exact) mass is 368 g/mol. The lowest BCUT2D eigenvalue weighted by Gasteiger charge is -2.50. The third-order valence-corrected chi connectivity index (χ3v) is 5.39. The second kappa shape index (κ2) is 7.70. The summed E-state index contributed by atoms with van der Waals surface area (Å²) in [4.78, 5) is 26.8. The molecule has 0 bridgehead atoms. The number of rotatable bonds is 6. The lowest BCUT2D eigenvalue weighted by molar-refractivity contribution is -0.120. The molecule has 27 heavy (non-hydrogen) atoms. The largest absolute Gasteiger partial charge is 0.375 e. The molecule has 0 aromatic carbocycles. The van der Waals surface area contributed by atoms with E-state index in [1.54, 1.807) is 11.1 Å². The van der Waals surface area contributed by atoms with Gasteiger partial charge in [-0.15, -0.1) is 0 Å². The first kappa shape index (κ1) is 18.0. The van der Waals surface area contributed by atoms with Crippen molar-refractivity contribution >= 4 is 5.91 Å². The van der Waals surface area contributed by atoms with E-state index < -0.39 is 0 Å². The molecule has 4 heterocycles. The number of hydrogen-bond donors (Lipinski definition) is 0. The highest BCUT2D eigenvalue weighted by molar-refractivity contribution is 5.92. The number of carbonyl (C=O) groups excluding carboxylic acids is 1. The van der Waals surface area contributed by atoms with E-state index in [4.69, 9.17) is 9.47 Å². The molecule has 2 aromatic rings. The van der Waals surface area contributed by atoms with Crippen molar-refractivity contribution < 1.29 is 14.3 Å². The molecular formula is C20H24N4O3. The molecule has 0 unspecified atom stereocenters. The first-order valence-electron chi connectivity index (χ1n) is 9.36. The number of ether oxygens (including phenoxy) is 2. The van der Waals surface area contributed by atoms with Gasteiger partial charge in [-0.3, -0.25) is 14.8 Å². The average Bonchev–Trinajstić information content (AvgIpc) is 3.08. The Bertz CT molecular complexity index is 793. The number of aryl methyl sites for hydroxylation is 1. The Balaban J connectivity index is 1.26. The summed E-state index contributed by atoms with van der Waals surface area (Å²) in [5, 5.41) is 0. The fourth-order valence-corrected chi connectivity index (χ4v) is 3.94. The van der Waals surface area contributed by atoms with Crippen LogP contribution in [0.3, 0.4) is 0 Å². The van der Waals surface area contributed by atoms with Crippen LogP contribution < -0.4 is 0 Å². The Hall–Kier alpha value is -2.38. The molecule has 0 aliphatic carbocycles. The Morgan fingerprint density at radius 1 is 1.37 bits per heavy atom. The van der Waals surface area contributed by atoms with E-state index in [2.05, 4.69) is 15.0 Å². The van der Waals surface area contributed by atoms with Crippen molar-refractivity contribution in [2.24, 2.45) is 5.92 Å². The Labute approximate surface area is 158 Å². The van der Waals surface area contributed by atoms with Gasteiger partial charge in [-0.1, -0.05) is 6.07 Å². The van der Waals surface area contributed by atoms with Crippen molar-refractivity contribution in [2.75, 3.05) is 26.3 Å². The summed E-state index contributed by atoms with van der Waals surface area (Å²) >= 11 is 0. The molecule has 2 aromatic heterocycles. The molecule has 1 amide bonds. The molecule has 0 N–H and O–H groups in total. The van der Waals surface area contributed by atoms with E-state index in [1.807, 2.05) is 25.1 Å². The zero-order valence-electron chi connectivity index (χ0n) is 15.5. The highest BCUT2D eigenvalue weighted by atomic mass is 16.5. The summed E-state index contributed by atoms with van der Waals surface area (Å²) in [5.74, 6) is 0.332. The van der Waals surface area contributed by atoms with Crippen LogP contribution in [-0.2, 0) is 16.1 Å². The molecule has 2 fully saturated rings. The van der Waals surface area contributed by atoms with Gasteiger partial charge in [-0.05, 0) is 37.8 Å². The molecule has 0 saturated carbocycles. The molecule has 7 nitrogen and oxygen atoms in total. The first-order valence-corrected chi connectivity index (χ1v) is 9.36. The highest BCUT2D eigenvalue weighted by Gasteiger charge is 2.54. The molecule has 0 radical (unpaired) electrons. The van der Waals surface area contributed by atoms with E-state index >= 15 is 0 Å². The standard InChI is InChI=1S/C20H24N4O3/c1-15-3-2-4-17(23-15)12-26-9-5-16-6-10-27-20(16)13-24(14-20)19(25)18-11-21-7-8-22-18/h2-4,7-8,11,16H,5-6,9-10,12-14H2,1H3/t16-/m1/s1. The third-order valence-electron chi connectivity index (χ3n) is 5.39. The zero-order chi connectivity index (χ0) is 18.7. The minimum atomic E-state index is -0.219. The molecule has 2 saturated heterocycles. The van der Waals surface area contributed by atoms with Crippen LogP contribution >= 0.6 is 0 Å². The van der Waals surface area contributed by atoms with Gasteiger partial charge >= 0.3 is 0 Å². The number of aromatic nitrogens is 3. The molecule has 1 spiro atoms. The van der Waals surface area contributed by atoms with Crippen LogP contribution in [0.4, 0.5) is 0 Å². The predicted octanol–water partition coefficient (Wildman–Crippen LogP) is 2.02. The maximum atomic E-state index is 12.5. The van der Waals surface area contributed by atoms with Crippen LogP contribution in [0.1, 0.15) is 34.7 Å². The molecule has 2 aliphatic heterocycles. The molecule has 4 rings (SSSR count). The second-order valence-electron chi connectivity index (χ2n) is 7.26. The van der Waals surface area contributed by atoms with Crippen LogP contribution in [-0.4, -0.2) is 57.7 Å². The van der Waals surface area contributed by atoms with Gasteiger partial charge in [0.15, 0.2) is 0 Å². The SMILES string of the molecule is Cc1cccc(COCC[C@@H]2CCOC23CN(C(=O)c2cnccn2)C3)n1. The maximum absolute atomic E-state index is 12.5. The summed E-state index contributed by atoms with van der Waals surface area (Å²) in [6, 6.07) is 5.96. The van der Waals surface area contributed by atoms with E-state index in [0.717, 1.165) is 30.8 Å². The van der Waals surface area contributed by atoms with Gasteiger partial charge in [0.05, 0.1) is 31.6 Å². The van der Waals surface area contributed by atoms with Crippen LogP contribution in [0.2, 0.25) is 0 Å². The van der Waals surface area contributed by atoms with Crippen molar-refractivity contribution in [1.29, 1.82) is 0 Å². The predicted molar refractivity (Wildman–Crippen MR) is 98.0 cm³/mol. The number of pyridine rings is 1. The summed E-state index contributed by atoms with van der Waals surface area (Å²) in [6.45, 7) is 5.16. The topological polar surface area (TPSA) is 77.4 Å². The second-order valence-corrected chi connectivity index (χ2v) is 7.26. The van der Waals surface area contributed by atoms with Gasteiger partial charge in [0, 0.05) is 31.3 Å². The summed E-state index contributed by atoms with van der Waals surface area (Å²) in [6.07, 6.45) is 6.56. The quantitative estimate of drug-likeness (QED) is 0.726. The lowest BCUT2D eigenvalue weighted by atomic mass is 9.79. The molecule has 142 valence electrons. The van der Waals surface area contributed by atoms with E-state index in [1.165, 1.54) is 12.4 Å². The van der Waals surface area contributed by atoms with Gasteiger partial charge in [0.25, 0.3) is 5.91 Å². The normalized spacial score (nSPS) is 20.6. The van der Waals surface area contributed by atoms with Gasteiger partial charge in [-0.25, -0.2) is 4.98 Å². The minimum absolute atomic E-state index is 0.0789. The van der Waals surface area contributed by atoms with Crippen LogP contribution in [0.15, 0.2) is 36.8 Å². The number of carbonyl (C=O) groups is 1. The third kappa shape index (κ3) is 3.84. The fraction of sp³-hybridized carbons (Fsp3) is 0.500. The van der Waals surface area contributed by atoms with Crippen LogP contribution in [0.5, 0.6) is 0 Å². The van der Waals surface area contributed by atoms with Crippen molar-refractivity contribution in [3.05, 3.63) is 53.9 Å². The smallest absolute Gasteiger partial charge is 0.274 e. The first-order chi connectivity index (χ1) is 13.2. The summed E-state index contributed by atoms with van der Waals surface area (Å²) in [5.41, 5.74) is 2.12. The minimum Gasteiger partial charge on any atom is -0.375 e. The Morgan fingerprint density at radius 2 is 2.26 bits per heavy atom. The number of hydrogen-bond acceptors (Lipinski definition) is 6. The lowest BCUT2D eigenvalue weighted by Crippen LogP contribution is -2.66. The van der Waals surface area contributed by atoms with Crippen molar-refractivity contribution in [2.45, 2.75) is 32.0 Å². The van der Waals surface area contributed by atoms with E-state index in [-0.39, 0.29) is 11.5 Å². The molecular weight excluding hydrogens is 344 g/mol. The zero-order valence-corrected chi connectivity index (χ0v) is 15.5. The Morgan fingerprint density at radius 3 is 3.04 bits per heavy atom. The average molecular weight is 368 g/mol. The summed E-state index contributed by atoms with van der Waals surface area (Å²) < 4.78 is 11.9. The van der Waals surface area contributed by atoms with E-state index in [9.17, 15) is 4.79 Å². The van der Waals surface area contributed by atoms with Gasteiger partial charge in [0.2, 0.25) is 0 Å². The molecule has 7 heteroatoms. The van der Waals surface area contributed by atoms with Gasteiger partial charge in [-0.2, -0.15) is 0 Å². The number of nitrogens with zero attached hydrogens (tertiary/aromatic N) is 4. The van der Waals surface area contributed by atoms with Crippen molar-refractivity contribution in [3.8, 4) is 0 Å².